The number of carbonyl (C=O) groups excluding carboxylic acids is 2. The van der Waals surface area contributed by atoms with Crippen LogP contribution in [0.5, 0.6) is 0 Å². The zero-order valence-corrected chi connectivity index (χ0v) is 21.3. The average Bonchev–Trinajstić information content (AvgIpc) is 2.77. The lowest BCUT2D eigenvalue weighted by Gasteiger charge is -2.31. The molecule has 0 aliphatic carbocycles. The van der Waals surface area contributed by atoms with Crippen molar-refractivity contribution in [2.45, 2.75) is 32.7 Å². The van der Waals surface area contributed by atoms with Gasteiger partial charge in [0.2, 0.25) is 21.8 Å². The van der Waals surface area contributed by atoms with Crippen LogP contribution in [0.2, 0.25) is 10.0 Å². The summed E-state index contributed by atoms with van der Waals surface area (Å²) in [5.41, 5.74) is 1.22. The first-order valence-electron chi connectivity index (χ1n) is 10.6. The Labute approximate surface area is 205 Å². The molecule has 0 heterocycles. The minimum absolute atomic E-state index is 0.170. The number of hydrogen-bond acceptors (Lipinski definition) is 4. The number of benzene rings is 2. The SMILES string of the molecule is CCCNC(=O)C(C)N(CCc1ccccc1)C(=O)CN(c1ccc(Cl)c(Cl)c1)S(C)(=O)=O. The summed E-state index contributed by atoms with van der Waals surface area (Å²) in [5, 5.41) is 3.24. The van der Waals surface area contributed by atoms with E-state index in [2.05, 4.69) is 5.32 Å². The van der Waals surface area contributed by atoms with Gasteiger partial charge >= 0.3 is 0 Å². The second-order valence-corrected chi connectivity index (χ2v) is 10.4. The third-order valence-corrected chi connectivity index (χ3v) is 6.95. The summed E-state index contributed by atoms with van der Waals surface area (Å²) >= 11 is 12.0. The van der Waals surface area contributed by atoms with E-state index in [0.29, 0.717) is 13.0 Å². The van der Waals surface area contributed by atoms with Gasteiger partial charge in [-0.25, -0.2) is 8.42 Å². The lowest BCUT2D eigenvalue weighted by Crippen LogP contribution is -2.52. The molecule has 0 fully saturated rings. The highest BCUT2D eigenvalue weighted by atomic mass is 35.5. The zero-order valence-electron chi connectivity index (χ0n) is 18.9. The third kappa shape index (κ3) is 7.91. The van der Waals surface area contributed by atoms with Gasteiger partial charge in [-0.15, -0.1) is 0 Å². The summed E-state index contributed by atoms with van der Waals surface area (Å²) in [6, 6.07) is 13.1. The number of sulfonamides is 1. The molecule has 2 rings (SSSR count). The molecule has 2 amide bonds. The molecule has 0 aliphatic rings. The standard InChI is InChI=1S/C23H29Cl2N3O4S/c1-4-13-26-23(30)17(2)27(14-12-18-8-6-5-7-9-18)22(29)16-28(33(3,31)32)19-10-11-20(24)21(25)15-19/h5-11,15,17H,4,12-14,16H2,1-3H3,(H,26,30). The Kier molecular flexibility index (Phi) is 10.0. The van der Waals surface area contributed by atoms with E-state index in [9.17, 15) is 18.0 Å². The van der Waals surface area contributed by atoms with Crippen LogP contribution in [0.25, 0.3) is 0 Å². The van der Waals surface area contributed by atoms with Gasteiger partial charge in [-0.1, -0.05) is 60.5 Å². The number of rotatable bonds is 11. The summed E-state index contributed by atoms with van der Waals surface area (Å²) in [6.45, 7) is 3.84. The fourth-order valence-electron chi connectivity index (χ4n) is 3.22. The molecule has 0 aliphatic heterocycles. The average molecular weight is 514 g/mol. The molecule has 0 bridgehead atoms. The maximum Gasteiger partial charge on any atom is 0.244 e. The molecule has 2 aromatic rings. The number of nitrogens with one attached hydrogen (secondary N) is 1. The van der Waals surface area contributed by atoms with Crippen LogP contribution in [-0.2, 0) is 26.0 Å². The minimum atomic E-state index is -3.82. The largest absolute Gasteiger partial charge is 0.354 e. The third-order valence-electron chi connectivity index (χ3n) is 5.07. The molecule has 2 aromatic carbocycles. The fraction of sp³-hybridized carbons (Fsp3) is 0.391. The van der Waals surface area contributed by atoms with E-state index in [1.54, 1.807) is 6.92 Å². The molecule has 0 saturated heterocycles. The van der Waals surface area contributed by atoms with E-state index in [1.165, 1.54) is 23.1 Å². The van der Waals surface area contributed by atoms with Crippen LogP contribution in [0.1, 0.15) is 25.8 Å². The topological polar surface area (TPSA) is 86.8 Å². The van der Waals surface area contributed by atoms with E-state index in [4.69, 9.17) is 23.2 Å². The number of amides is 2. The Morgan fingerprint density at radius 2 is 1.73 bits per heavy atom. The molecule has 33 heavy (non-hydrogen) atoms. The Morgan fingerprint density at radius 3 is 2.30 bits per heavy atom. The smallest absolute Gasteiger partial charge is 0.244 e. The van der Waals surface area contributed by atoms with Crippen LogP contribution in [0.4, 0.5) is 5.69 Å². The van der Waals surface area contributed by atoms with E-state index in [1.807, 2.05) is 37.3 Å². The molecule has 1 atom stereocenters. The molecule has 0 aromatic heterocycles. The Hall–Kier alpha value is -2.29. The molecular formula is C23H29Cl2N3O4S. The van der Waals surface area contributed by atoms with Crippen LogP contribution in [0, 0.1) is 0 Å². The van der Waals surface area contributed by atoms with Gasteiger partial charge in [0.25, 0.3) is 0 Å². The normalized spacial score (nSPS) is 12.2. The Morgan fingerprint density at radius 1 is 1.06 bits per heavy atom. The molecular weight excluding hydrogens is 485 g/mol. The maximum absolute atomic E-state index is 13.3. The number of halogens is 2. The van der Waals surface area contributed by atoms with Gasteiger partial charge in [-0.2, -0.15) is 0 Å². The molecule has 10 heteroatoms. The van der Waals surface area contributed by atoms with Crippen LogP contribution in [0.3, 0.4) is 0 Å². The summed E-state index contributed by atoms with van der Waals surface area (Å²) in [4.78, 5) is 27.4. The van der Waals surface area contributed by atoms with Crippen molar-refractivity contribution < 1.29 is 18.0 Å². The second kappa shape index (κ2) is 12.3. The lowest BCUT2D eigenvalue weighted by molar-refractivity contribution is -0.138. The van der Waals surface area contributed by atoms with Crippen molar-refractivity contribution in [3.63, 3.8) is 0 Å². The molecule has 0 spiro atoms. The first kappa shape index (κ1) is 27.0. The number of hydrogen-bond donors (Lipinski definition) is 1. The molecule has 0 radical (unpaired) electrons. The van der Waals surface area contributed by atoms with Crippen molar-refractivity contribution in [2.75, 3.05) is 30.2 Å². The molecule has 180 valence electrons. The van der Waals surface area contributed by atoms with Crippen molar-refractivity contribution in [3.8, 4) is 0 Å². The summed E-state index contributed by atoms with van der Waals surface area (Å²) in [6.07, 6.45) is 2.29. The van der Waals surface area contributed by atoms with Gasteiger partial charge in [0.1, 0.15) is 12.6 Å². The van der Waals surface area contributed by atoms with E-state index in [-0.39, 0.29) is 28.2 Å². The van der Waals surface area contributed by atoms with E-state index < -0.39 is 28.5 Å². The zero-order chi connectivity index (χ0) is 24.6. The molecule has 0 saturated carbocycles. The van der Waals surface area contributed by atoms with E-state index in [0.717, 1.165) is 22.5 Å². The van der Waals surface area contributed by atoms with Crippen LogP contribution in [0.15, 0.2) is 48.5 Å². The first-order valence-corrected chi connectivity index (χ1v) is 13.2. The van der Waals surface area contributed by atoms with Crippen molar-refractivity contribution in [1.29, 1.82) is 0 Å². The molecule has 1 unspecified atom stereocenters. The molecule has 7 nitrogen and oxygen atoms in total. The minimum Gasteiger partial charge on any atom is -0.354 e. The van der Waals surface area contributed by atoms with Gasteiger partial charge in [-0.3, -0.25) is 13.9 Å². The summed E-state index contributed by atoms with van der Waals surface area (Å²) in [7, 11) is -3.82. The number of nitrogens with zero attached hydrogens (tertiary/aromatic N) is 2. The van der Waals surface area contributed by atoms with E-state index >= 15 is 0 Å². The van der Waals surface area contributed by atoms with Gasteiger partial charge in [0.05, 0.1) is 22.0 Å². The van der Waals surface area contributed by atoms with Crippen molar-refractivity contribution in [2.24, 2.45) is 0 Å². The predicted octanol–water partition coefficient (Wildman–Crippen LogP) is 3.75. The van der Waals surface area contributed by atoms with Gasteiger partial charge < -0.3 is 10.2 Å². The number of anilines is 1. The Balaban J connectivity index is 2.31. The second-order valence-electron chi connectivity index (χ2n) is 7.66. The summed E-state index contributed by atoms with van der Waals surface area (Å²) < 4.78 is 26.0. The molecule has 1 N–H and O–H groups in total. The van der Waals surface area contributed by atoms with Gasteiger partial charge in [0, 0.05) is 13.1 Å². The highest BCUT2D eigenvalue weighted by Crippen LogP contribution is 2.28. The van der Waals surface area contributed by atoms with Gasteiger partial charge in [0.15, 0.2) is 0 Å². The Bertz CT molecular complexity index is 1060. The quantitative estimate of drug-likeness (QED) is 0.495. The summed E-state index contributed by atoms with van der Waals surface area (Å²) in [5.74, 6) is -0.791. The fourth-order valence-corrected chi connectivity index (χ4v) is 4.35. The monoisotopic (exact) mass is 513 g/mol. The number of carbonyl (C=O) groups is 2. The van der Waals surface area contributed by atoms with Gasteiger partial charge in [-0.05, 0) is 43.5 Å². The maximum atomic E-state index is 13.3. The first-order chi connectivity index (χ1) is 15.5. The van der Waals surface area contributed by atoms with Crippen LogP contribution >= 0.6 is 23.2 Å². The lowest BCUT2D eigenvalue weighted by atomic mass is 10.1. The van der Waals surface area contributed by atoms with Crippen molar-refractivity contribution >= 4 is 50.7 Å². The van der Waals surface area contributed by atoms with Crippen molar-refractivity contribution in [1.82, 2.24) is 10.2 Å². The van der Waals surface area contributed by atoms with Crippen LogP contribution in [-0.4, -0.2) is 57.1 Å². The van der Waals surface area contributed by atoms with Crippen molar-refractivity contribution in [3.05, 3.63) is 64.1 Å². The predicted molar refractivity (Wildman–Crippen MR) is 133 cm³/mol. The highest BCUT2D eigenvalue weighted by molar-refractivity contribution is 7.92. The van der Waals surface area contributed by atoms with Crippen LogP contribution < -0.4 is 9.62 Å². The highest BCUT2D eigenvalue weighted by Gasteiger charge is 2.29.